The molecule has 2 rings (SSSR count). The first-order chi connectivity index (χ1) is 6.59. The standard InChI is InChI=1S/C12H18N2/c1-9-4-5-10(13)8-11(9)14-12(2)6-3-7-12/h4-5,8,14H,3,6-7,13H2,1-2H3. The fourth-order valence-electron chi connectivity index (χ4n) is 1.93. The quantitative estimate of drug-likeness (QED) is 0.704. The normalized spacial score (nSPS) is 18.7. The van der Waals surface area contributed by atoms with Crippen molar-refractivity contribution in [3.63, 3.8) is 0 Å². The first-order valence-electron chi connectivity index (χ1n) is 5.23. The largest absolute Gasteiger partial charge is 0.399 e. The highest BCUT2D eigenvalue weighted by Gasteiger charge is 2.31. The highest BCUT2D eigenvalue weighted by molar-refractivity contribution is 5.60. The van der Waals surface area contributed by atoms with Crippen LogP contribution < -0.4 is 11.1 Å². The average Bonchev–Trinajstić information content (AvgIpc) is 2.09. The minimum atomic E-state index is 0.304. The fraction of sp³-hybridized carbons (Fsp3) is 0.500. The molecule has 76 valence electrons. The van der Waals surface area contributed by atoms with E-state index >= 15 is 0 Å². The summed E-state index contributed by atoms with van der Waals surface area (Å²) >= 11 is 0. The Kier molecular flexibility index (Phi) is 2.14. The van der Waals surface area contributed by atoms with Gasteiger partial charge < -0.3 is 11.1 Å². The molecule has 1 aromatic rings. The van der Waals surface area contributed by atoms with E-state index in [0.29, 0.717) is 5.54 Å². The Hall–Kier alpha value is -1.18. The Morgan fingerprint density at radius 1 is 1.36 bits per heavy atom. The Morgan fingerprint density at radius 2 is 2.07 bits per heavy atom. The van der Waals surface area contributed by atoms with Crippen LogP contribution in [0.3, 0.4) is 0 Å². The monoisotopic (exact) mass is 190 g/mol. The van der Waals surface area contributed by atoms with Gasteiger partial charge in [0.1, 0.15) is 0 Å². The molecule has 0 amide bonds. The molecule has 2 nitrogen and oxygen atoms in total. The van der Waals surface area contributed by atoms with E-state index in [9.17, 15) is 0 Å². The van der Waals surface area contributed by atoms with Gasteiger partial charge in [-0.05, 0) is 50.8 Å². The van der Waals surface area contributed by atoms with Crippen molar-refractivity contribution in [1.29, 1.82) is 0 Å². The molecule has 0 spiro atoms. The van der Waals surface area contributed by atoms with Crippen LogP contribution in [0.25, 0.3) is 0 Å². The number of aryl methyl sites for hydroxylation is 1. The second-order valence-corrected chi connectivity index (χ2v) is 4.61. The molecule has 0 aliphatic heterocycles. The first-order valence-corrected chi connectivity index (χ1v) is 5.23. The molecule has 1 saturated carbocycles. The lowest BCUT2D eigenvalue weighted by Gasteiger charge is -2.40. The number of anilines is 2. The minimum absolute atomic E-state index is 0.304. The molecule has 3 N–H and O–H groups in total. The maximum Gasteiger partial charge on any atom is 0.0394 e. The van der Waals surface area contributed by atoms with Gasteiger partial charge in [-0.3, -0.25) is 0 Å². The highest BCUT2D eigenvalue weighted by atomic mass is 15.0. The molecule has 2 heteroatoms. The Bertz CT molecular complexity index is 340. The summed E-state index contributed by atoms with van der Waals surface area (Å²) in [5.74, 6) is 0. The van der Waals surface area contributed by atoms with Crippen LogP contribution in [0.4, 0.5) is 11.4 Å². The van der Waals surface area contributed by atoms with Crippen LogP contribution in [0, 0.1) is 6.92 Å². The number of benzene rings is 1. The molecule has 1 fully saturated rings. The van der Waals surface area contributed by atoms with Crippen LogP contribution in [0.15, 0.2) is 18.2 Å². The summed E-state index contributed by atoms with van der Waals surface area (Å²) in [7, 11) is 0. The van der Waals surface area contributed by atoms with Gasteiger partial charge >= 0.3 is 0 Å². The molecule has 1 aliphatic rings. The Balaban J connectivity index is 2.19. The van der Waals surface area contributed by atoms with Crippen molar-refractivity contribution in [3.05, 3.63) is 23.8 Å². The van der Waals surface area contributed by atoms with E-state index in [4.69, 9.17) is 5.73 Å². The predicted molar refractivity (Wildman–Crippen MR) is 61.5 cm³/mol. The van der Waals surface area contributed by atoms with Crippen LogP contribution in [0.2, 0.25) is 0 Å². The smallest absolute Gasteiger partial charge is 0.0394 e. The second-order valence-electron chi connectivity index (χ2n) is 4.61. The third-order valence-electron chi connectivity index (χ3n) is 3.16. The zero-order valence-corrected chi connectivity index (χ0v) is 8.93. The van der Waals surface area contributed by atoms with Gasteiger partial charge in [-0.1, -0.05) is 6.07 Å². The van der Waals surface area contributed by atoms with Crippen LogP contribution in [0.5, 0.6) is 0 Å². The number of nitrogen functional groups attached to an aromatic ring is 1. The lowest BCUT2D eigenvalue weighted by atomic mass is 9.78. The van der Waals surface area contributed by atoms with Gasteiger partial charge in [0.15, 0.2) is 0 Å². The van der Waals surface area contributed by atoms with Crippen molar-refractivity contribution in [2.24, 2.45) is 0 Å². The summed E-state index contributed by atoms with van der Waals surface area (Å²) in [4.78, 5) is 0. The van der Waals surface area contributed by atoms with E-state index in [-0.39, 0.29) is 0 Å². The Labute approximate surface area is 85.5 Å². The minimum Gasteiger partial charge on any atom is -0.399 e. The van der Waals surface area contributed by atoms with Gasteiger partial charge in [0.25, 0.3) is 0 Å². The second kappa shape index (κ2) is 3.19. The predicted octanol–water partition coefficient (Wildman–Crippen LogP) is 2.93. The maximum absolute atomic E-state index is 5.77. The van der Waals surface area contributed by atoms with E-state index in [0.717, 1.165) is 5.69 Å². The number of nitrogens with two attached hydrogens (primary N) is 1. The molecule has 0 heterocycles. The van der Waals surface area contributed by atoms with Crippen molar-refractivity contribution < 1.29 is 0 Å². The van der Waals surface area contributed by atoms with E-state index in [1.807, 2.05) is 12.1 Å². The molecule has 1 aromatic carbocycles. The number of rotatable bonds is 2. The van der Waals surface area contributed by atoms with Gasteiger partial charge in [-0.15, -0.1) is 0 Å². The molecule has 0 atom stereocenters. The summed E-state index contributed by atoms with van der Waals surface area (Å²) in [5, 5.41) is 3.58. The lowest BCUT2D eigenvalue weighted by molar-refractivity contribution is 0.306. The van der Waals surface area contributed by atoms with E-state index in [2.05, 4.69) is 25.2 Å². The molecule has 14 heavy (non-hydrogen) atoms. The van der Waals surface area contributed by atoms with Gasteiger partial charge in [0.2, 0.25) is 0 Å². The summed E-state index contributed by atoms with van der Waals surface area (Å²) in [6.07, 6.45) is 3.87. The van der Waals surface area contributed by atoms with Crippen LogP contribution >= 0.6 is 0 Å². The van der Waals surface area contributed by atoms with Crippen LogP contribution in [-0.2, 0) is 0 Å². The molecule has 1 aliphatic carbocycles. The van der Waals surface area contributed by atoms with Gasteiger partial charge in [0.05, 0.1) is 0 Å². The zero-order valence-electron chi connectivity index (χ0n) is 8.93. The van der Waals surface area contributed by atoms with Crippen molar-refractivity contribution >= 4 is 11.4 Å². The average molecular weight is 190 g/mol. The molecule has 0 saturated heterocycles. The topological polar surface area (TPSA) is 38.0 Å². The lowest BCUT2D eigenvalue weighted by Crippen LogP contribution is -2.41. The van der Waals surface area contributed by atoms with Crippen molar-refractivity contribution in [3.8, 4) is 0 Å². The molecule has 0 unspecified atom stereocenters. The molecule has 0 aromatic heterocycles. The van der Waals surface area contributed by atoms with Crippen LogP contribution in [-0.4, -0.2) is 5.54 Å². The number of hydrogen-bond donors (Lipinski definition) is 2. The Morgan fingerprint density at radius 3 is 2.64 bits per heavy atom. The van der Waals surface area contributed by atoms with Crippen LogP contribution in [0.1, 0.15) is 31.7 Å². The maximum atomic E-state index is 5.77. The number of nitrogens with one attached hydrogen (secondary N) is 1. The SMILES string of the molecule is Cc1ccc(N)cc1NC1(C)CCC1. The van der Waals surface area contributed by atoms with Gasteiger partial charge in [0, 0.05) is 16.9 Å². The molecule has 0 radical (unpaired) electrons. The molecular weight excluding hydrogens is 172 g/mol. The van der Waals surface area contributed by atoms with Crippen molar-refractivity contribution in [1.82, 2.24) is 0 Å². The third kappa shape index (κ3) is 1.69. The highest BCUT2D eigenvalue weighted by Crippen LogP contribution is 2.35. The molecule has 0 bridgehead atoms. The third-order valence-corrected chi connectivity index (χ3v) is 3.16. The van der Waals surface area contributed by atoms with Gasteiger partial charge in [-0.2, -0.15) is 0 Å². The molecular formula is C12H18N2. The van der Waals surface area contributed by atoms with Gasteiger partial charge in [-0.25, -0.2) is 0 Å². The zero-order chi connectivity index (χ0) is 10.2. The number of hydrogen-bond acceptors (Lipinski definition) is 2. The van der Waals surface area contributed by atoms with E-state index in [1.54, 1.807) is 0 Å². The van der Waals surface area contributed by atoms with Crippen molar-refractivity contribution in [2.75, 3.05) is 11.1 Å². The van der Waals surface area contributed by atoms with E-state index < -0.39 is 0 Å². The first kappa shape index (κ1) is 9.38. The summed E-state index contributed by atoms with van der Waals surface area (Å²) in [5.41, 5.74) is 9.36. The van der Waals surface area contributed by atoms with Crippen molar-refractivity contribution in [2.45, 2.75) is 38.6 Å². The van der Waals surface area contributed by atoms with E-state index in [1.165, 1.54) is 30.5 Å². The fourth-order valence-corrected chi connectivity index (χ4v) is 1.93. The summed E-state index contributed by atoms with van der Waals surface area (Å²) in [6.45, 7) is 4.39. The summed E-state index contributed by atoms with van der Waals surface area (Å²) in [6, 6.07) is 6.04. The summed E-state index contributed by atoms with van der Waals surface area (Å²) < 4.78 is 0.